The number of rotatable bonds is 0. The van der Waals surface area contributed by atoms with E-state index >= 15 is 0 Å². The maximum atomic E-state index is 3.72. The third-order valence-electron chi connectivity index (χ3n) is 7.85. The number of aromatic nitrogens is 1. The molecule has 0 saturated heterocycles. The van der Waals surface area contributed by atoms with Gasteiger partial charge in [-0.05, 0) is 64.6 Å². The lowest BCUT2D eigenvalue weighted by molar-refractivity contribution is 0.665. The number of benzene rings is 4. The zero-order chi connectivity index (χ0) is 21.6. The van der Waals surface area contributed by atoms with Gasteiger partial charge in [0, 0.05) is 37.5 Å². The normalized spacial score (nSPS) is 19.3. The van der Waals surface area contributed by atoms with Crippen LogP contribution < -0.4 is 0 Å². The maximum Gasteiger partial charge on any atom is 0.0696 e. The van der Waals surface area contributed by atoms with E-state index < -0.39 is 0 Å². The molecule has 0 radical (unpaired) electrons. The number of para-hydroxylation sites is 1. The van der Waals surface area contributed by atoms with Crippen LogP contribution >= 0.6 is 11.8 Å². The van der Waals surface area contributed by atoms with Gasteiger partial charge in [0.05, 0.1) is 5.41 Å². The molecule has 0 fully saturated rings. The van der Waals surface area contributed by atoms with Crippen molar-refractivity contribution in [1.82, 2.24) is 4.98 Å². The molecule has 5 aromatic rings. The summed E-state index contributed by atoms with van der Waals surface area (Å²) in [7, 11) is 0. The van der Waals surface area contributed by atoms with E-state index in [0.717, 1.165) is 6.42 Å². The molecule has 8 rings (SSSR count). The monoisotopic (exact) mass is 439 g/mol. The third kappa shape index (κ3) is 2.15. The Morgan fingerprint density at radius 3 is 2.27 bits per heavy atom. The average Bonchev–Trinajstić information content (AvgIpc) is 3.37. The van der Waals surface area contributed by atoms with Gasteiger partial charge in [0.25, 0.3) is 0 Å². The molecule has 1 nitrogen and oxygen atoms in total. The van der Waals surface area contributed by atoms with Crippen LogP contribution in [-0.2, 0) is 5.41 Å². The minimum absolute atomic E-state index is 0.241. The smallest absolute Gasteiger partial charge is 0.0696 e. The van der Waals surface area contributed by atoms with Crippen LogP contribution in [0.3, 0.4) is 0 Å². The number of aromatic amines is 1. The summed E-state index contributed by atoms with van der Waals surface area (Å²) >= 11 is 1.91. The first-order chi connectivity index (χ1) is 16.4. The van der Waals surface area contributed by atoms with Crippen LogP contribution in [0.25, 0.3) is 21.8 Å². The Morgan fingerprint density at radius 1 is 0.727 bits per heavy atom. The number of allylic oxidation sites excluding steroid dienone is 4. The number of nitrogens with one attached hydrogen (secondary N) is 1. The van der Waals surface area contributed by atoms with Crippen LogP contribution in [0.5, 0.6) is 0 Å². The lowest BCUT2D eigenvalue weighted by Crippen LogP contribution is -2.32. The Morgan fingerprint density at radius 2 is 1.45 bits per heavy atom. The topological polar surface area (TPSA) is 15.8 Å². The molecular formula is C31H21NS. The Kier molecular flexibility index (Phi) is 3.44. The number of hydrogen-bond donors (Lipinski definition) is 1. The summed E-state index contributed by atoms with van der Waals surface area (Å²) in [5.74, 6) is 0.410. The van der Waals surface area contributed by atoms with Crippen LogP contribution in [0, 0.1) is 0 Å². The van der Waals surface area contributed by atoms with Gasteiger partial charge in [0.15, 0.2) is 0 Å². The first-order valence-corrected chi connectivity index (χ1v) is 12.5. The number of fused-ring (bicyclic) bond motifs is 12. The lowest BCUT2D eigenvalue weighted by atomic mass is 9.66. The molecule has 33 heavy (non-hydrogen) atoms. The van der Waals surface area contributed by atoms with Crippen molar-refractivity contribution in [3.63, 3.8) is 0 Å². The zero-order valence-electron chi connectivity index (χ0n) is 18.0. The fourth-order valence-electron chi connectivity index (χ4n) is 6.59. The molecule has 1 spiro atoms. The van der Waals surface area contributed by atoms with Gasteiger partial charge in [-0.2, -0.15) is 0 Å². The molecule has 0 amide bonds. The molecule has 0 bridgehead atoms. The van der Waals surface area contributed by atoms with Gasteiger partial charge in [0.2, 0.25) is 0 Å². The molecule has 1 aromatic heterocycles. The Bertz CT molecular complexity index is 1640. The van der Waals surface area contributed by atoms with Crippen molar-refractivity contribution < 1.29 is 0 Å². The molecule has 0 saturated carbocycles. The molecule has 2 heteroatoms. The maximum absolute atomic E-state index is 3.72. The molecule has 1 atom stereocenters. The van der Waals surface area contributed by atoms with Gasteiger partial charge in [-0.15, -0.1) is 0 Å². The Hall–Kier alpha value is -3.49. The SMILES string of the molecule is C1=CCC2C(=C1)C1(c3ccccc3Sc3ccccc31)c1cc3[nH]c4ccccc4c3cc12. The first-order valence-electron chi connectivity index (χ1n) is 11.6. The van der Waals surface area contributed by atoms with Gasteiger partial charge in [0.1, 0.15) is 0 Å². The van der Waals surface area contributed by atoms with E-state index in [1.165, 1.54) is 59.4 Å². The van der Waals surface area contributed by atoms with Gasteiger partial charge in [-0.1, -0.05) is 84.6 Å². The van der Waals surface area contributed by atoms with Gasteiger partial charge in [-0.3, -0.25) is 0 Å². The molecule has 3 aliphatic rings. The van der Waals surface area contributed by atoms with E-state index in [2.05, 4.69) is 108 Å². The summed E-state index contributed by atoms with van der Waals surface area (Å²) in [6, 6.07) is 31.7. The average molecular weight is 440 g/mol. The molecule has 1 unspecified atom stereocenters. The predicted octanol–water partition coefficient (Wildman–Crippen LogP) is 8.10. The standard InChI is InChI=1S/C31H21NS/c1-3-11-23-19(9-1)21-17-22-20-10-2-6-14-27(20)32-28(22)18-26(21)31(23)24-12-4-7-15-29(24)33-30-16-8-5-13-25(30)31/h1-8,10-19,32H,9H2. The number of hydrogen-bond acceptors (Lipinski definition) is 1. The van der Waals surface area contributed by atoms with E-state index in [-0.39, 0.29) is 5.41 Å². The van der Waals surface area contributed by atoms with E-state index in [1.54, 1.807) is 0 Å². The van der Waals surface area contributed by atoms with Crippen LogP contribution in [0.15, 0.2) is 119 Å². The van der Waals surface area contributed by atoms with Gasteiger partial charge >= 0.3 is 0 Å². The molecule has 156 valence electrons. The zero-order valence-corrected chi connectivity index (χ0v) is 18.8. The van der Waals surface area contributed by atoms with Crippen LogP contribution in [0.2, 0.25) is 0 Å². The summed E-state index contributed by atoms with van der Waals surface area (Å²) in [6.45, 7) is 0. The molecular weight excluding hydrogens is 418 g/mol. The van der Waals surface area contributed by atoms with Crippen LogP contribution in [0.1, 0.15) is 34.6 Å². The van der Waals surface area contributed by atoms with Crippen LogP contribution in [0.4, 0.5) is 0 Å². The predicted molar refractivity (Wildman–Crippen MR) is 137 cm³/mol. The minimum atomic E-state index is -0.241. The van der Waals surface area contributed by atoms with Crippen molar-refractivity contribution in [1.29, 1.82) is 0 Å². The van der Waals surface area contributed by atoms with E-state index in [1.807, 2.05) is 11.8 Å². The largest absolute Gasteiger partial charge is 0.355 e. The summed E-state index contributed by atoms with van der Waals surface area (Å²) < 4.78 is 0. The highest BCUT2D eigenvalue weighted by Gasteiger charge is 2.53. The fourth-order valence-corrected chi connectivity index (χ4v) is 7.78. The second kappa shape index (κ2) is 6.30. The third-order valence-corrected chi connectivity index (χ3v) is 9.00. The van der Waals surface area contributed by atoms with Crippen molar-refractivity contribution in [3.8, 4) is 0 Å². The Balaban J connectivity index is 1.57. The van der Waals surface area contributed by atoms with Crippen molar-refractivity contribution in [2.24, 2.45) is 0 Å². The summed E-state index contributed by atoms with van der Waals surface area (Å²) in [4.78, 5) is 6.46. The van der Waals surface area contributed by atoms with E-state index in [4.69, 9.17) is 0 Å². The van der Waals surface area contributed by atoms with Gasteiger partial charge < -0.3 is 4.98 Å². The molecule has 2 heterocycles. The summed E-state index contributed by atoms with van der Waals surface area (Å²) in [6.07, 6.45) is 8.08. The minimum Gasteiger partial charge on any atom is -0.355 e. The highest BCUT2D eigenvalue weighted by atomic mass is 32.2. The highest BCUT2D eigenvalue weighted by molar-refractivity contribution is 7.99. The Labute approximate surface area is 196 Å². The second-order valence-corrected chi connectivity index (χ2v) is 10.4. The van der Waals surface area contributed by atoms with Crippen molar-refractivity contribution in [3.05, 3.63) is 131 Å². The summed E-state index contributed by atoms with van der Waals surface area (Å²) in [5, 5.41) is 2.65. The van der Waals surface area contributed by atoms with Crippen molar-refractivity contribution in [2.75, 3.05) is 0 Å². The van der Waals surface area contributed by atoms with Crippen LogP contribution in [-0.4, -0.2) is 4.98 Å². The van der Waals surface area contributed by atoms with Crippen molar-refractivity contribution in [2.45, 2.75) is 27.5 Å². The highest BCUT2D eigenvalue weighted by Crippen LogP contribution is 2.64. The van der Waals surface area contributed by atoms with E-state index in [0.29, 0.717) is 5.92 Å². The fraction of sp³-hybridized carbons (Fsp3) is 0.0968. The molecule has 4 aromatic carbocycles. The van der Waals surface area contributed by atoms with E-state index in [9.17, 15) is 0 Å². The lowest BCUT2D eigenvalue weighted by Gasteiger charge is -2.41. The number of H-pyrrole nitrogens is 1. The second-order valence-electron chi connectivity index (χ2n) is 9.34. The quantitative estimate of drug-likeness (QED) is 0.258. The molecule has 2 aliphatic carbocycles. The molecule has 1 N–H and O–H groups in total. The molecule has 1 aliphatic heterocycles. The first kappa shape index (κ1) is 18.0. The van der Waals surface area contributed by atoms with Gasteiger partial charge in [-0.25, -0.2) is 0 Å². The summed E-state index contributed by atoms with van der Waals surface area (Å²) in [5.41, 5.74) is 9.51. The van der Waals surface area contributed by atoms with Crippen molar-refractivity contribution >= 4 is 33.6 Å².